The first-order valence-electron chi connectivity index (χ1n) is 9.30. The van der Waals surface area contributed by atoms with Gasteiger partial charge in [0.2, 0.25) is 0 Å². The van der Waals surface area contributed by atoms with E-state index in [-0.39, 0.29) is 36.8 Å². The van der Waals surface area contributed by atoms with E-state index in [9.17, 15) is 13.6 Å². The molecule has 0 unspecified atom stereocenters. The van der Waals surface area contributed by atoms with Crippen molar-refractivity contribution in [2.75, 3.05) is 6.54 Å². The van der Waals surface area contributed by atoms with E-state index in [1.165, 1.54) is 17.0 Å². The molecule has 0 radical (unpaired) electrons. The Balaban J connectivity index is 1.70. The van der Waals surface area contributed by atoms with Crippen LogP contribution >= 0.6 is 11.6 Å². The molecule has 1 aliphatic heterocycles. The van der Waals surface area contributed by atoms with Crippen LogP contribution in [0.2, 0.25) is 5.02 Å². The molecular formula is C21H22ClF2N3O2. The molecule has 0 saturated carbocycles. The summed E-state index contributed by atoms with van der Waals surface area (Å²) >= 11 is 5.92. The molecule has 1 atom stereocenters. The molecule has 0 spiro atoms. The van der Waals surface area contributed by atoms with Gasteiger partial charge in [0, 0.05) is 29.1 Å². The van der Waals surface area contributed by atoms with Crippen LogP contribution in [-0.4, -0.2) is 35.3 Å². The molecular weight excluding hydrogens is 400 g/mol. The largest absolute Gasteiger partial charge is 0.390 e. The summed E-state index contributed by atoms with van der Waals surface area (Å²) in [5.41, 5.74) is 1.87. The normalized spacial score (nSPS) is 15.8. The van der Waals surface area contributed by atoms with Gasteiger partial charge >= 0.3 is 6.03 Å². The number of nitrogens with one attached hydrogen (secondary N) is 1. The highest BCUT2D eigenvalue weighted by Crippen LogP contribution is 2.21. The molecule has 0 aliphatic carbocycles. The number of oxime groups is 1. The summed E-state index contributed by atoms with van der Waals surface area (Å²) in [5.74, 6) is -1.36. The summed E-state index contributed by atoms with van der Waals surface area (Å²) in [7, 11) is 0. The number of urea groups is 1. The van der Waals surface area contributed by atoms with Crippen molar-refractivity contribution in [1.82, 2.24) is 10.2 Å². The molecule has 0 saturated heterocycles. The number of rotatable bonds is 6. The maximum absolute atomic E-state index is 14.1. The number of halogens is 3. The molecule has 3 rings (SSSR count). The minimum atomic E-state index is -0.696. The smallest absolute Gasteiger partial charge is 0.318 e. The first-order valence-corrected chi connectivity index (χ1v) is 9.67. The average molecular weight is 422 g/mol. The van der Waals surface area contributed by atoms with Crippen molar-refractivity contribution in [2.24, 2.45) is 5.16 Å². The van der Waals surface area contributed by atoms with Crippen molar-refractivity contribution in [3.05, 3.63) is 70.2 Å². The van der Waals surface area contributed by atoms with E-state index in [1.54, 1.807) is 12.1 Å². The van der Waals surface area contributed by atoms with E-state index in [2.05, 4.69) is 10.5 Å². The van der Waals surface area contributed by atoms with Crippen molar-refractivity contribution in [2.45, 2.75) is 39.0 Å². The van der Waals surface area contributed by atoms with Crippen LogP contribution in [0.4, 0.5) is 13.6 Å². The summed E-state index contributed by atoms with van der Waals surface area (Å²) in [6.07, 6.45) is 0.126. The van der Waals surface area contributed by atoms with Gasteiger partial charge in [-0.1, -0.05) is 35.0 Å². The Morgan fingerprint density at radius 3 is 2.66 bits per heavy atom. The number of nitrogens with zero attached hydrogens (tertiary/aromatic N) is 2. The summed E-state index contributed by atoms with van der Waals surface area (Å²) in [6, 6.07) is 10.1. The lowest BCUT2D eigenvalue weighted by Gasteiger charge is -2.26. The summed E-state index contributed by atoms with van der Waals surface area (Å²) in [4.78, 5) is 19.6. The van der Waals surface area contributed by atoms with Crippen LogP contribution < -0.4 is 5.32 Å². The summed E-state index contributed by atoms with van der Waals surface area (Å²) in [6.45, 7) is 3.86. The minimum absolute atomic E-state index is 0.0131. The standard InChI is InChI=1S/C21H22ClF2N3O2/c1-13(2)25-21(28)27(11-15-5-8-17(23)9-19(15)24)12-18-10-20(26-29-18)14-3-6-16(22)7-4-14/h3-9,13,18H,10-12H2,1-2H3,(H,25,28)/t18-/m0/s1. The molecule has 2 aromatic rings. The van der Waals surface area contributed by atoms with Gasteiger partial charge < -0.3 is 15.1 Å². The third-order valence-electron chi connectivity index (χ3n) is 4.41. The molecule has 2 amide bonds. The zero-order valence-electron chi connectivity index (χ0n) is 16.2. The fraction of sp³-hybridized carbons (Fsp3) is 0.333. The SMILES string of the molecule is CC(C)NC(=O)N(Cc1ccc(F)cc1F)C[C@@H]1CC(c2ccc(Cl)cc2)=NO1. The first kappa shape index (κ1) is 21.0. The van der Waals surface area contributed by atoms with Gasteiger partial charge in [-0.05, 0) is 37.6 Å². The minimum Gasteiger partial charge on any atom is -0.390 e. The highest BCUT2D eigenvalue weighted by atomic mass is 35.5. The Bertz CT molecular complexity index is 903. The predicted octanol–water partition coefficient (Wildman–Crippen LogP) is 4.73. The molecule has 0 aromatic heterocycles. The maximum Gasteiger partial charge on any atom is 0.318 e. The topological polar surface area (TPSA) is 53.9 Å². The second-order valence-electron chi connectivity index (χ2n) is 7.20. The second kappa shape index (κ2) is 9.22. The van der Waals surface area contributed by atoms with E-state index in [0.717, 1.165) is 17.3 Å². The monoisotopic (exact) mass is 421 g/mol. The van der Waals surface area contributed by atoms with Crippen molar-refractivity contribution in [3.8, 4) is 0 Å². The van der Waals surface area contributed by atoms with E-state index in [0.29, 0.717) is 11.4 Å². The molecule has 5 nitrogen and oxygen atoms in total. The molecule has 1 N–H and O–H groups in total. The quantitative estimate of drug-likeness (QED) is 0.733. The first-order chi connectivity index (χ1) is 13.8. The number of amides is 2. The van der Waals surface area contributed by atoms with Crippen molar-refractivity contribution in [1.29, 1.82) is 0 Å². The number of carbonyl (C=O) groups is 1. The predicted molar refractivity (Wildman–Crippen MR) is 108 cm³/mol. The van der Waals surface area contributed by atoms with E-state index in [4.69, 9.17) is 16.4 Å². The Morgan fingerprint density at radius 2 is 2.00 bits per heavy atom. The Morgan fingerprint density at radius 1 is 1.28 bits per heavy atom. The van der Waals surface area contributed by atoms with Crippen molar-refractivity contribution < 1.29 is 18.4 Å². The van der Waals surface area contributed by atoms with Crippen LogP contribution in [-0.2, 0) is 11.4 Å². The Labute approximate surface area is 173 Å². The van der Waals surface area contributed by atoms with E-state index in [1.807, 2.05) is 26.0 Å². The fourth-order valence-electron chi connectivity index (χ4n) is 3.00. The van der Waals surface area contributed by atoms with Gasteiger partial charge in [0.25, 0.3) is 0 Å². The fourth-order valence-corrected chi connectivity index (χ4v) is 3.12. The van der Waals surface area contributed by atoms with Gasteiger partial charge in [-0.2, -0.15) is 0 Å². The molecule has 1 aliphatic rings. The lowest BCUT2D eigenvalue weighted by atomic mass is 10.0. The lowest BCUT2D eigenvalue weighted by molar-refractivity contribution is 0.0584. The second-order valence-corrected chi connectivity index (χ2v) is 7.63. The van der Waals surface area contributed by atoms with E-state index >= 15 is 0 Å². The number of carbonyl (C=O) groups excluding carboxylic acids is 1. The summed E-state index contributed by atoms with van der Waals surface area (Å²) in [5, 5.41) is 7.55. The molecule has 29 heavy (non-hydrogen) atoms. The molecule has 1 heterocycles. The zero-order valence-corrected chi connectivity index (χ0v) is 16.9. The van der Waals surface area contributed by atoms with Crippen LogP contribution in [0.25, 0.3) is 0 Å². The molecule has 0 fully saturated rings. The molecule has 8 heteroatoms. The van der Waals surface area contributed by atoms with Gasteiger partial charge in [0.05, 0.1) is 18.8 Å². The van der Waals surface area contributed by atoms with Crippen LogP contribution in [0.1, 0.15) is 31.4 Å². The molecule has 0 bridgehead atoms. The van der Waals surface area contributed by atoms with Crippen LogP contribution in [0.15, 0.2) is 47.6 Å². The van der Waals surface area contributed by atoms with Gasteiger partial charge in [-0.25, -0.2) is 13.6 Å². The van der Waals surface area contributed by atoms with Crippen LogP contribution in [0.3, 0.4) is 0 Å². The maximum atomic E-state index is 14.1. The Kier molecular flexibility index (Phi) is 6.69. The third-order valence-corrected chi connectivity index (χ3v) is 4.66. The van der Waals surface area contributed by atoms with E-state index < -0.39 is 11.6 Å². The van der Waals surface area contributed by atoms with Crippen LogP contribution in [0, 0.1) is 11.6 Å². The van der Waals surface area contributed by atoms with Crippen molar-refractivity contribution >= 4 is 23.3 Å². The lowest BCUT2D eigenvalue weighted by Crippen LogP contribution is -2.45. The zero-order chi connectivity index (χ0) is 21.0. The van der Waals surface area contributed by atoms with Crippen LogP contribution in [0.5, 0.6) is 0 Å². The van der Waals surface area contributed by atoms with Crippen molar-refractivity contribution in [3.63, 3.8) is 0 Å². The highest BCUT2D eigenvalue weighted by molar-refractivity contribution is 6.30. The molecule has 2 aromatic carbocycles. The van der Waals surface area contributed by atoms with Gasteiger partial charge in [-0.3, -0.25) is 0 Å². The average Bonchev–Trinajstić information content (AvgIpc) is 3.12. The number of hydrogen-bond acceptors (Lipinski definition) is 3. The molecule has 154 valence electrons. The van der Waals surface area contributed by atoms with Gasteiger partial charge in [-0.15, -0.1) is 0 Å². The third kappa shape index (κ3) is 5.67. The van der Waals surface area contributed by atoms with Gasteiger partial charge in [0.1, 0.15) is 11.6 Å². The van der Waals surface area contributed by atoms with Gasteiger partial charge in [0.15, 0.2) is 6.10 Å². The number of benzene rings is 2. The summed E-state index contributed by atoms with van der Waals surface area (Å²) < 4.78 is 27.3. The number of hydrogen-bond donors (Lipinski definition) is 1. The Hall–Kier alpha value is -2.67. The highest BCUT2D eigenvalue weighted by Gasteiger charge is 2.27.